The first-order valence-electron chi connectivity index (χ1n) is 12.5. The Morgan fingerprint density at radius 2 is 1.39 bits per heavy atom. The topological polar surface area (TPSA) is 69.2 Å². The molecular weight excluding hydrogens is 487 g/mol. The van der Waals surface area contributed by atoms with Crippen LogP contribution in [0.15, 0.2) is 54.6 Å². The molecule has 0 unspecified atom stereocenters. The van der Waals surface area contributed by atoms with Gasteiger partial charge in [0.25, 0.3) is 0 Å². The zero-order valence-electron chi connectivity index (χ0n) is 22.0. The molecule has 198 valence electrons. The highest BCUT2D eigenvalue weighted by atomic mass is 19.1. The maximum absolute atomic E-state index is 13.4. The van der Waals surface area contributed by atoms with E-state index < -0.39 is 0 Å². The maximum Gasteiger partial charge on any atom is 0.163 e. The molecule has 1 aliphatic heterocycles. The molecule has 1 aromatic heterocycles. The average molecular weight is 519 g/mol. The van der Waals surface area contributed by atoms with Gasteiger partial charge in [-0.3, -0.25) is 0 Å². The number of halogens is 1. The van der Waals surface area contributed by atoms with E-state index in [1.807, 2.05) is 49.4 Å². The molecule has 38 heavy (non-hydrogen) atoms. The Labute approximate surface area is 221 Å². The number of aromatic nitrogens is 2. The van der Waals surface area contributed by atoms with Crippen molar-refractivity contribution in [2.75, 3.05) is 63.9 Å². The van der Waals surface area contributed by atoms with Crippen LogP contribution < -0.4 is 28.7 Å². The summed E-state index contributed by atoms with van der Waals surface area (Å²) in [6, 6.07) is 16.1. The summed E-state index contributed by atoms with van der Waals surface area (Å²) < 4.78 is 35.8. The van der Waals surface area contributed by atoms with Crippen LogP contribution >= 0.6 is 0 Å². The quantitative estimate of drug-likeness (QED) is 0.316. The number of fused-ring (bicyclic) bond motifs is 1. The molecule has 0 amide bonds. The normalized spacial score (nSPS) is 13.5. The highest BCUT2D eigenvalue weighted by Crippen LogP contribution is 2.38. The molecule has 1 saturated heterocycles. The monoisotopic (exact) mass is 518 g/mol. The summed E-state index contributed by atoms with van der Waals surface area (Å²) in [6.45, 7) is 5.47. The predicted molar refractivity (Wildman–Crippen MR) is 147 cm³/mol. The minimum atomic E-state index is -0.233. The van der Waals surface area contributed by atoms with Crippen LogP contribution in [0, 0.1) is 5.82 Å². The summed E-state index contributed by atoms with van der Waals surface area (Å²) in [5.74, 6) is 3.66. The first kappa shape index (κ1) is 25.4. The number of methoxy groups -OCH3 is 3. The van der Waals surface area contributed by atoms with Crippen molar-refractivity contribution >= 4 is 22.4 Å². The molecular formula is C29H31FN4O4. The zero-order valence-corrected chi connectivity index (χ0v) is 22.0. The van der Waals surface area contributed by atoms with Crippen LogP contribution in [0.4, 0.5) is 15.9 Å². The Bertz CT molecular complexity index is 1420. The SMILES string of the molecule is CCOc1cc2nc(-c3ccc(OC)c(OC)c3)nc(N3CCN(c4ccc(F)cc4)CC3)c2cc1OC. The van der Waals surface area contributed by atoms with Crippen molar-refractivity contribution in [3.8, 4) is 34.4 Å². The average Bonchev–Trinajstić information content (AvgIpc) is 2.96. The lowest BCUT2D eigenvalue weighted by Gasteiger charge is -2.37. The molecule has 5 rings (SSSR count). The Morgan fingerprint density at radius 1 is 0.737 bits per heavy atom. The van der Waals surface area contributed by atoms with E-state index in [2.05, 4.69) is 9.80 Å². The largest absolute Gasteiger partial charge is 0.493 e. The van der Waals surface area contributed by atoms with Crippen LogP contribution in [0.25, 0.3) is 22.3 Å². The van der Waals surface area contributed by atoms with Crippen molar-refractivity contribution in [1.29, 1.82) is 0 Å². The number of rotatable bonds is 8. The number of nitrogens with zero attached hydrogens (tertiary/aromatic N) is 4. The summed E-state index contributed by atoms with van der Waals surface area (Å²) in [5, 5.41) is 0.879. The van der Waals surface area contributed by atoms with Gasteiger partial charge in [-0.1, -0.05) is 0 Å². The lowest BCUT2D eigenvalue weighted by molar-refractivity contribution is 0.311. The van der Waals surface area contributed by atoms with Gasteiger partial charge in [-0.25, -0.2) is 14.4 Å². The third kappa shape index (κ3) is 4.96. The molecule has 8 nitrogen and oxygen atoms in total. The van der Waals surface area contributed by atoms with Crippen molar-refractivity contribution in [1.82, 2.24) is 9.97 Å². The number of hydrogen-bond acceptors (Lipinski definition) is 8. The molecule has 3 aromatic carbocycles. The van der Waals surface area contributed by atoms with Crippen LogP contribution in [-0.2, 0) is 0 Å². The molecule has 0 N–H and O–H groups in total. The molecule has 1 fully saturated rings. The van der Waals surface area contributed by atoms with Crippen molar-refractivity contribution in [3.63, 3.8) is 0 Å². The van der Waals surface area contributed by atoms with E-state index in [-0.39, 0.29) is 5.82 Å². The second-order valence-electron chi connectivity index (χ2n) is 8.84. The van der Waals surface area contributed by atoms with E-state index in [9.17, 15) is 4.39 Å². The van der Waals surface area contributed by atoms with Gasteiger partial charge >= 0.3 is 0 Å². The van der Waals surface area contributed by atoms with Gasteiger partial charge in [0.2, 0.25) is 0 Å². The molecule has 1 aliphatic rings. The third-order valence-corrected chi connectivity index (χ3v) is 6.67. The van der Waals surface area contributed by atoms with Gasteiger partial charge in [-0.15, -0.1) is 0 Å². The molecule has 0 spiro atoms. The van der Waals surface area contributed by atoms with E-state index in [4.69, 9.17) is 28.9 Å². The number of anilines is 2. The Kier molecular flexibility index (Phi) is 7.35. The van der Waals surface area contributed by atoms with Gasteiger partial charge in [0, 0.05) is 48.9 Å². The van der Waals surface area contributed by atoms with Crippen LogP contribution in [0.2, 0.25) is 0 Å². The summed E-state index contributed by atoms with van der Waals surface area (Å²) in [4.78, 5) is 14.5. The first-order valence-corrected chi connectivity index (χ1v) is 12.5. The summed E-state index contributed by atoms with van der Waals surface area (Å²) >= 11 is 0. The molecule has 4 aromatic rings. The van der Waals surface area contributed by atoms with Crippen molar-refractivity contribution in [2.24, 2.45) is 0 Å². The second kappa shape index (κ2) is 11.0. The third-order valence-electron chi connectivity index (χ3n) is 6.67. The number of ether oxygens (including phenoxy) is 4. The summed E-state index contributed by atoms with van der Waals surface area (Å²) in [6.07, 6.45) is 0. The van der Waals surface area contributed by atoms with Gasteiger partial charge in [0.05, 0.1) is 33.5 Å². The highest BCUT2D eigenvalue weighted by molar-refractivity contribution is 5.93. The lowest BCUT2D eigenvalue weighted by Crippen LogP contribution is -2.47. The fraction of sp³-hybridized carbons (Fsp3) is 0.310. The van der Waals surface area contributed by atoms with Crippen molar-refractivity contribution in [3.05, 3.63) is 60.4 Å². The smallest absolute Gasteiger partial charge is 0.163 e. The lowest BCUT2D eigenvalue weighted by atomic mass is 10.1. The van der Waals surface area contributed by atoms with Crippen LogP contribution in [-0.4, -0.2) is 64.1 Å². The fourth-order valence-electron chi connectivity index (χ4n) is 4.72. The van der Waals surface area contributed by atoms with E-state index in [0.717, 1.165) is 54.2 Å². The highest BCUT2D eigenvalue weighted by Gasteiger charge is 2.23. The van der Waals surface area contributed by atoms with E-state index in [0.29, 0.717) is 35.4 Å². The second-order valence-corrected chi connectivity index (χ2v) is 8.84. The Hall–Kier alpha value is -4.27. The van der Waals surface area contributed by atoms with Gasteiger partial charge in [0.15, 0.2) is 28.8 Å². The van der Waals surface area contributed by atoms with Crippen LogP contribution in [0.3, 0.4) is 0 Å². The molecule has 0 atom stereocenters. The van der Waals surface area contributed by atoms with E-state index in [1.54, 1.807) is 21.3 Å². The van der Waals surface area contributed by atoms with E-state index >= 15 is 0 Å². The molecule has 0 bridgehead atoms. The van der Waals surface area contributed by atoms with Gasteiger partial charge in [-0.05, 0) is 55.5 Å². The van der Waals surface area contributed by atoms with Gasteiger partial charge in [-0.2, -0.15) is 0 Å². The van der Waals surface area contributed by atoms with Crippen LogP contribution in [0.5, 0.6) is 23.0 Å². The maximum atomic E-state index is 13.4. The number of piperazine rings is 1. The van der Waals surface area contributed by atoms with Crippen molar-refractivity contribution < 1.29 is 23.3 Å². The molecule has 2 heterocycles. The van der Waals surface area contributed by atoms with Crippen LogP contribution in [0.1, 0.15) is 6.92 Å². The standard InChI is InChI=1S/C29H31FN4O4/c1-5-38-27-18-23-22(17-26(27)37-4)29(32-28(31-23)19-6-11-24(35-2)25(16-19)36-3)34-14-12-33(13-15-34)21-9-7-20(30)8-10-21/h6-11,16-18H,5,12-15H2,1-4H3. The number of benzene rings is 3. The fourth-order valence-corrected chi connectivity index (χ4v) is 4.72. The molecule has 0 aliphatic carbocycles. The summed E-state index contributed by atoms with van der Waals surface area (Å²) in [5.41, 5.74) is 2.57. The van der Waals surface area contributed by atoms with E-state index in [1.165, 1.54) is 12.1 Å². The number of hydrogen-bond donors (Lipinski definition) is 0. The first-order chi connectivity index (χ1) is 18.5. The van der Waals surface area contributed by atoms with Gasteiger partial charge < -0.3 is 28.7 Å². The summed E-state index contributed by atoms with van der Waals surface area (Å²) in [7, 11) is 4.84. The minimum absolute atomic E-state index is 0.233. The molecule has 9 heteroatoms. The Balaban J connectivity index is 1.57. The van der Waals surface area contributed by atoms with Gasteiger partial charge in [0.1, 0.15) is 11.6 Å². The Morgan fingerprint density at radius 3 is 2.05 bits per heavy atom. The molecule has 0 radical (unpaired) electrons. The predicted octanol–water partition coefficient (Wildman–Crippen LogP) is 5.19. The van der Waals surface area contributed by atoms with Crippen molar-refractivity contribution in [2.45, 2.75) is 6.92 Å². The minimum Gasteiger partial charge on any atom is -0.493 e. The molecule has 0 saturated carbocycles. The zero-order chi connectivity index (χ0) is 26.6.